The van der Waals surface area contributed by atoms with E-state index in [1.807, 2.05) is 26.8 Å². The van der Waals surface area contributed by atoms with E-state index in [0.717, 1.165) is 11.1 Å². The van der Waals surface area contributed by atoms with Crippen molar-refractivity contribution in [1.29, 1.82) is 0 Å². The topological polar surface area (TPSA) is 60.7 Å². The summed E-state index contributed by atoms with van der Waals surface area (Å²) < 4.78 is 6.51. The molecular weight excluding hydrogens is 256 g/mol. The van der Waals surface area contributed by atoms with Gasteiger partial charge in [-0.15, -0.1) is 0 Å². The van der Waals surface area contributed by atoms with Crippen LogP contribution in [0.15, 0.2) is 40.8 Å². The van der Waals surface area contributed by atoms with Gasteiger partial charge in [-0.25, -0.2) is 9.78 Å². The van der Waals surface area contributed by atoms with E-state index in [4.69, 9.17) is 4.74 Å². The van der Waals surface area contributed by atoms with Crippen LogP contribution in [0.3, 0.4) is 0 Å². The maximum Gasteiger partial charge on any atom is 0.331 e. The van der Waals surface area contributed by atoms with Crippen LogP contribution >= 0.6 is 0 Å². The van der Waals surface area contributed by atoms with Crippen molar-refractivity contribution >= 4 is 11.6 Å². The average molecular weight is 272 g/mol. The molecule has 0 bridgehead atoms. The molecule has 2 aromatic rings. The molecule has 0 unspecified atom stereocenters. The van der Waals surface area contributed by atoms with Crippen LogP contribution in [-0.4, -0.2) is 15.4 Å². The molecular formula is C15H16N2O3. The number of fused-ring (bicyclic) bond motifs is 1. The summed E-state index contributed by atoms with van der Waals surface area (Å²) in [4.78, 5) is 27.6. The molecule has 0 radical (unpaired) electrons. The Morgan fingerprint density at radius 2 is 2.15 bits per heavy atom. The zero-order valence-electron chi connectivity index (χ0n) is 11.7. The number of allylic oxidation sites excluding steroid dienone is 1. The number of hydrogen-bond acceptors (Lipinski definition) is 4. The summed E-state index contributed by atoms with van der Waals surface area (Å²) in [6, 6.07) is 5.02. The van der Waals surface area contributed by atoms with Gasteiger partial charge in [0.25, 0.3) is 5.56 Å². The van der Waals surface area contributed by atoms with Crippen molar-refractivity contribution in [2.75, 3.05) is 0 Å². The molecule has 0 aromatic carbocycles. The Morgan fingerprint density at radius 3 is 2.85 bits per heavy atom. The molecule has 2 heterocycles. The number of esters is 1. The number of ether oxygens (including phenoxy) is 1. The van der Waals surface area contributed by atoms with Gasteiger partial charge in [0.15, 0.2) is 0 Å². The summed E-state index contributed by atoms with van der Waals surface area (Å²) in [5.41, 5.74) is 2.62. The van der Waals surface area contributed by atoms with E-state index in [1.54, 1.807) is 12.3 Å². The summed E-state index contributed by atoms with van der Waals surface area (Å²) in [7, 11) is 0. The first-order chi connectivity index (χ1) is 9.45. The van der Waals surface area contributed by atoms with E-state index in [-0.39, 0.29) is 12.2 Å². The second kappa shape index (κ2) is 5.69. The van der Waals surface area contributed by atoms with Gasteiger partial charge in [-0.3, -0.25) is 9.20 Å². The molecule has 104 valence electrons. The molecule has 0 amide bonds. The molecule has 0 spiro atoms. The molecule has 5 nitrogen and oxygen atoms in total. The Balaban J connectivity index is 2.24. The monoisotopic (exact) mass is 272 g/mol. The van der Waals surface area contributed by atoms with Gasteiger partial charge in [-0.2, -0.15) is 0 Å². The Bertz CT molecular complexity index is 740. The van der Waals surface area contributed by atoms with Crippen LogP contribution in [-0.2, 0) is 16.1 Å². The molecule has 0 aliphatic rings. The van der Waals surface area contributed by atoms with Gasteiger partial charge in [-0.05, 0) is 32.4 Å². The van der Waals surface area contributed by atoms with Gasteiger partial charge in [0.2, 0.25) is 0 Å². The number of carbonyl (C=O) groups excluding carboxylic acids is 1. The molecule has 0 fully saturated rings. The quantitative estimate of drug-likeness (QED) is 0.633. The molecule has 0 saturated carbocycles. The van der Waals surface area contributed by atoms with Crippen molar-refractivity contribution in [3.8, 4) is 0 Å². The molecule has 0 saturated heterocycles. The molecule has 0 atom stereocenters. The van der Waals surface area contributed by atoms with Crippen LogP contribution in [0.2, 0.25) is 0 Å². The number of aryl methyl sites for hydroxylation is 1. The lowest BCUT2D eigenvalue weighted by Crippen LogP contribution is -2.16. The van der Waals surface area contributed by atoms with E-state index < -0.39 is 5.97 Å². The lowest BCUT2D eigenvalue weighted by atomic mass is 10.3. The number of rotatable bonds is 3. The van der Waals surface area contributed by atoms with Crippen LogP contribution in [0, 0.1) is 6.92 Å². The van der Waals surface area contributed by atoms with Crippen LogP contribution in [0.4, 0.5) is 0 Å². The minimum Gasteiger partial charge on any atom is -0.456 e. The number of hydrogen-bond donors (Lipinski definition) is 0. The second-order valence-corrected chi connectivity index (χ2v) is 4.85. The summed E-state index contributed by atoms with van der Waals surface area (Å²) in [5, 5.41) is 0. The van der Waals surface area contributed by atoms with Gasteiger partial charge in [0, 0.05) is 18.3 Å². The van der Waals surface area contributed by atoms with Gasteiger partial charge < -0.3 is 4.74 Å². The zero-order chi connectivity index (χ0) is 14.7. The van der Waals surface area contributed by atoms with Gasteiger partial charge in [0.05, 0.1) is 5.69 Å². The average Bonchev–Trinajstić information content (AvgIpc) is 2.36. The van der Waals surface area contributed by atoms with Crippen LogP contribution in [0.5, 0.6) is 0 Å². The van der Waals surface area contributed by atoms with Crippen molar-refractivity contribution in [1.82, 2.24) is 9.38 Å². The van der Waals surface area contributed by atoms with Crippen LogP contribution in [0.1, 0.15) is 25.1 Å². The first-order valence-electron chi connectivity index (χ1n) is 6.26. The first kappa shape index (κ1) is 14.0. The number of aromatic nitrogens is 2. The van der Waals surface area contributed by atoms with Gasteiger partial charge in [-0.1, -0.05) is 11.6 Å². The Hall–Kier alpha value is -2.43. The van der Waals surface area contributed by atoms with Crippen molar-refractivity contribution in [3.05, 3.63) is 57.7 Å². The SMILES string of the molecule is CC(C)=CC(=O)OCc1cc(=O)n2cc(C)ccc2n1. The third-order valence-electron chi connectivity index (χ3n) is 2.63. The highest BCUT2D eigenvalue weighted by Gasteiger charge is 2.05. The zero-order valence-corrected chi connectivity index (χ0v) is 11.7. The van der Waals surface area contributed by atoms with Crippen molar-refractivity contribution in [3.63, 3.8) is 0 Å². The Labute approximate surface area is 116 Å². The largest absolute Gasteiger partial charge is 0.456 e. The summed E-state index contributed by atoms with van der Waals surface area (Å²) >= 11 is 0. The highest BCUT2D eigenvalue weighted by atomic mass is 16.5. The molecule has 0 aliphatic heterocycles. The highest BCUT2D eigenvalue weighted by molar-refractivity contribution is 5.82. The summed E-state index contributed by atoms with van der Waals surface area (Å²) in [5.74, 6) is -0.434. The maximum atomic E-state index is 11.9. The van der Waals surface area contributed by atoms with E-state index in [1.165, 1.54) is 16.5 Å². The number of carbonyl (C=O) groups is 1. The smallest absolute Gasteiger partial charge is 0.331 e. The van der Waals surface area contributed by atoms with E-state index in [2.05, 4.69) is 4.98 Å². The number of pyridine rings is 1. The van der Waals surface area contributed by atoms with Gasteiger partial charge in [0.1, 0.15) is 12.3 Å². The van der Waals surface area contributed by atoms with Crippen molar-refractivity contribution in [2.24, 2.45) is 0 Å². The fourth-order valence-corrected chi connectivity index (χ4v) is 1.75. The first-order valence-corrected chi connectivity index (χ1v) is 6.26. The second-order valence-electron chi connectivity index (χ2n) is 4.85. The van der Waals surface area contributed by atoms with E-state index >= 15 is 0 Å². The summed E-state index contributed by atoms with van der Waals surface area (Å²) in [6.07, 6.45) is 3.13. The van der Waals surface area contributed by atoms with Crippen LogP contribution in [0.25, 0.3) is 5.65 Å². The van der Waals surface area contributed by atoms with Crippen molar-refractivity contribution in [2.45, 2.75) is 27.4 Å². The summed E-state index contributed by atoms with van der Waals surface area (Å²) in [6.45, 7) is 5.51. The molecule has 2 rings (SSSR count). The third kappa shape index (κ3) is 3.32. The van der Waals surface area contributed by atoms with Crippen molar-refractivity contribution < 1.29 is 9.53 Å². The highest BCUT2D eigenvalue weighted by Crippen LogP contribution is 2.04. The van der Waals surface area contributed by atoms with Gasteiger partial charge >= 0.3 is 5.97 Å². The Kier molecular flexibility index (Phi) is 3.98. The fourth-order valence-electron chi connectivity index (χ4n) is 1.75. The normalized spacial score (nSPS) is 10.3. The minimum atomic E-state index is -0.434. The third-order valence-corrected chi connectivity index (χ3v) is 2.63. The van der Waals surface area contributed by atoms with E-state index in [9.17, 15) is 9.59 Å². The van der Waals surface area contributed by atoms with Crippen LogP contribution < -0.4 is 5.56 Å². The molecule has 20 heavy (non-hydrogen) atoms. The predicted octanol–water partition coefficient (Wildman–Crippen LogP) is 2.01. The fraction of sp³-hybridized carbons (Fsp3) is 0.267. The maximum absolute atomic E-state index is 11.9. The standard InChI is InChI=1S/C15H16N2O3/c1-10(2)6-15(19)20-9-12-7-14(18)17-8-11(3)4-5-13(17)16-12/h4-8H,9H2,1-3H3. The van der Waals surface area contributed by atoms with E-state index in [0.29, 0.717) is 11.3 Å². The molecule has 5 heteroatoms. The molecule has 2 aromatic heterocycles. The number of nitrogens with zero attached hydrogens (tertiary/aromatic N) is 2. The lowest BCUT2D eigenvalue weighted by Gasteiger charge is -2.05. The minimum absolute atomic E-state index is 0.0117. The lowest BCUT2D eigenvalue weighted by molar-refractivity contribution is -0.139. The Morgan fingerprint density at radius 1 is 1.40 bits per heavy atom. The predicted molar refractivity (Wildman–Crippen MR) is 75.4 cm³/mol. The molecule has 0 aliphatic carbocycles. The molecule has 0 N–H and O–H groups in total.